The SMILES string of the molecule is Cc1cc(C)nc(NC(=O)C2CC(=O)N(c3ccc(F)cc3)C2)n1. The van der Waals surface area contributed by atoms with Crippen LogP contribution in [0, 0.1) is 25.6 Å². The third-order valence-corrected chi connectivity index (χ3v) is 3.85. The molecule has 2 heterocycles. The first-order valence-electron chi connectivity index (χ1n) is 7.61. The summed E-state index contributed by atoms with van der Waals surface area (Å²) in [4.78, 5) is 34.4. The average Bonchev–Trinajstić information content (AvgIpc) is 2.89. The van der Waals surface area contributed by atoms with Crippen molar-refractivity contribution in [2.75, 3.05) is 16.8 Å². The summed E-state index contributed by atoms with van der Waals surface area (Å²) in [5, 5.41) is 2.67. The lowest BCUT2D eigenvalue weighted by Crippen LogP contribution is -2.28. The normalized spacial score (nSPS) is 17.2. The van der Waals surface area contributed by atoms with Gasteiger partial charge in [0.2, 0.25) is 17.8 Å². The first-order valence-corrected chi connectivity index (χ1v) is 7.61. The molecule has 1 aliphatic heterocycles. The van der Waals surface area contributed by atoms with Crippen LogP contribution in [0.1, 0.15) is 17.8 Å². The molecular formula is C17H17FN4O2. The fraction of sp³-hybridized carbons (Fsp3) is 0.294. The lowest BCUT2D eigenvalue weighted by atomic mass is 10.1. The smallest absolute Gasteiger partial charge is 0.232 e. The lowest BCUT2D eigenvalue weighted by molar-refractivity contribution is -0.122. The van der Waals surface area contributed by atoms with E-state index in [1.807, 2.05) is 19.9 Å². The summed E-state index contributed by atoms with van der Waals surface area (Å²) < 4.78 is 13.0. The molecule has 24 heavy (non-hydrogen) atoms. The van der Waals surface area contributed by atoms with E-state index in [0.717, 1.165) is 11.4 Å². The van der Waals surface area contributed by atoms with Crippen LogP contribution < -0.4 is 10.2 Å². The molecule has 1 unspecified atom stereocenters. The molecule has 1 atom stereocenters. The second kappa shape index (κ2) is 6.35. The summed E-state index contributed by atoms with van der Waals surface area (Å²) in [7, 11) is 0. The molecule has 1 N–H and O–H groups in total. The van der Waals surface area contributed by atoms with Crippen LogP contribution in [0.2, 0.25) is 0 Å². The molecule has 0 aliphatic carbocycles. The van der Waals surface area contributed by atoms with Gasteiger partial charge in [0.1, 0.15) is 5.82 Å². The summed E-state index contributed by atoms with van der Waals surface area (Å²) in [6.07, 6.45) is 0.105. The summed E-state index contributed by atoms with van der Waals surface area (Å²) in [6.45, 7) is 3.89. The summed E-state index contributed by atoms with van der Waals surface area (Å²) in [5.74, 6) is -1.08. The molecule has 0 bridgehead atoms. The topological polar surface area (TPSA) is 75.2 Å². The minimum Gasteiger partial charge on any atom is -0.312 e. The summed E-state index contributed by atoms with van der Waals surface area (Å²) in [5.41, 5.74) is 2.10. The molecule has 1 fully saturated rings. The van der Waals surface area contributed by atoms with Crippen LogP contribution in [0.15, 0.2) is 30.3 Å². The van der Waals surface area contributed by atoms with E-state index in [1.165, 1.54) is 29.2 Å². The van der Waals surface area contributed by atoms with E-state index in [-0.39, 0.29) is 36.5 Å². The Hall–Kier alpha value is -2.83. The van der Waals surface area contributed by atoms with E-state index in [0.29, 0.717) is 5.69 Å². The number of nitrogens with zero attached hydrogens (tertiary/aromatic N) is 3. The third kappa shape index (κ3) is 3.40. The van der Waals surface area contributed by atoms with Gasteiger partial charge in [-0.2, -0.15) is 0 Å². The third-order valence-electron chi connectivity index (χ3n) is 3.85. The number of benzene rings is 1. The molecule has 1 aliphatic rings. The maximum Gasteiger partial charge on any atom is 0.232 e. The fourth-order valence-corrected chi connectivity index (χ4v) is 2.75. The van der Waals surface area contributed by atoms with Crippen molar-refractivity contribution in [3.05, 3.63) is 47.5 Å². The molecule has 3 rings (SSSR count). The molecule has 1 saturated heterocycles. The molecule has 0 radical (unpaired) electrons. The average molecular weight is 328 g/mol. The molecule has 7 heteroatoms. The Morgan fingerprint density at radius 3 is 2.46 bits per heavy atom. The molecular weight excluding hydrogens is 311 g/mol. The van der Waals surface area contributed by atoms with Gasteiger partial charge in [-0.25, -0.2) is 14.4 Å². The predicted octanol–water partition coefficient (Wildman–Crippen LogP) is 2.22. The predicted molar refractivity (Wildman–Crippen MR) is 87.0 cm³/mol. The zero-order valence-corrected chi connectivity index (χ0v) is 13.4. The number of aryl methyl sites for hydroxylation is 2. The van der Waals surface area contributed by atoms with Gasteiger partial charge in [-0.05, 0) is 44.2 Å². The van der Waals surface area contributed by atoms with Gasteiger partial charge in [-0.3, -0.25) is 14.9 Å². The number of anilines is 2. The first-order chi connectivity index (χ1) is 11.4. The number of hydrogen-bond acceptors (Lipinski definition) is 4. The Labute approximate surface area is 138 Å². The number of halogens is 1. The van der Waals surface area contributed by atoms with E-state index in [4.69, 9.17) is 0 Å². The van der Waals surface area contributed by atoms with Crippen molar-refractivity contribution in [2.45, 2.75) is 20.3 Å². The van der Waals surface area contributed by atoms with Crippen LogP contribution in [0.5, 0.6) is 0 Å². The Morgan fingerprint density at radius 2 is 1.83 bits per heavy atom. The maximum absolute atomic E-state index is 13.0. The van der Waals surface area contributed by atoms with Gasteiger partial charge in [0.25, 0.3) is 0 Å². The number of nitrogens with one attached hydrogen (secondary N) is 1. The van der Waals surface area contributed by atoms with Gasteiger partial charge in [0, 0.05) is 30.0 Å². The zero-order valence-electron chi connectivity index (χ0n) is 13.4. The largest absolute Gasteiger partial charge is 0.312 e. The van der Waals surface area contributed by atoms with Crippen molar-refractivity contribution in [3.63, 3.8) is 0 Å². The van der Waals surface area contributed by atoms with Crippen molar-refractivity contribution in [1.82, 2.24) is 9.97 Å². The highest BCUT2D eigenvalue weighted by Crippen LogP contribution is 2.26. The molecule has 2 aromatic rings. The number of rotatable bonds is 3. The second-order valence-corrected chi connectivity index (χ2v) is 5.85. The van der Waals surface area contributed by atoms with Gasteiger partial charge >= 0.3 is 0 Å². The van der Waals surface area contributed by atoms with Crippen molar-refractivity contribution in [1.29, 1.82) is 0 Å². The number of aromatic nitrogens is 2. The Kier molecular flexibility index (Phi) is 4.24. The van der Waals surface area contributed by atoms with E-state index in [1.54, 1.807) is 0 Å². The highest BCUT2D eigenvalue weighted by atomic mass is 19.1. The quantitative estimate of drug-likeness (QED) is 0.937. The molecule has 0 spiro atoms. The maximum atomic E-state index is 13.0. The second-order valence-electron chi connectivity index (χ2n) is 5.85. The Morgan fingerprint density at radius 1 is 1.21 bits per heavy atom. The monoisotopic (exact) mass is 328 g/mol. The van der Waals surface area contributed by atoms with E-state index in [9.17, 15) is 14.0 Å². The minimum atomic E-state index is -0.494. The van der Waals surface area contributed by atoms with E-state index >= 15 is 0 Å². The minimum absolute atomic E-state index is 0.105. The number of carbonyl (C=O) groups is 2. The highest BCUT2D eigenvalue weighted by Gasteiger charge is 2.35. The van der Waals surface area contributed by atoms with Crippen LogP contribution in [-0.4, -0.2) is 28.3 Å². The van der Waals surface area contributed by atoms with Crippen molar-refractivity contribution in [3.8, 4) is 0 Å². The van der Waals surface area contributed by atoms with Crippen LogP contribution in [0.25, 0.3) is 0 Å². The molecule has 1 aromatic heterocycles. The molecule has 2 amide bonds. The fourth-order valence-electron chi connectivity index (χ4n) is 2.75. The van der Waals surface area contributed by atoms with Gasteiger partial charge in [-0.15, -0.1) is 0 Å². The lowest BCUT2D eigenvalue weighted by Gasteiger charge is -2.16. The molecule has 1 aromatic carbocycles. The summed E-state index contributed by atoms with van der Waals surface area (Å²) >= 11 is 0. The standard InChI is InChI=1S/C17H17FN4O2/c1-10-7-11(2)20-17(19-10)21-16(24)12-8-15(23)22(9-12)14-5-3-13(18)4-6-14/h3-7,12H,8-9H2,1-2H3,(H,19,20,21,24). The highest BCUT2D eigenvalue weighted by molar-refractivity contribution is 6.03. The number of amides is 2. The van der Waals surface area contributed by atoms with Gasteiger partial charge < -0.3 is 4.90 Å². The van der Waals surface area contributed by atoms with Gasteiger partial charge in [0.15, 0.2) is 0 Å². The molecule has 6 nitrogen and oxygen atoms in total. The van der Waals surface area contributed by atoms with Crippen LogP contribution in [0.3, 0.4) is 0 Å². The van der Waals surface area contributed by atoms with E-state index in [2.05, 4.69) is 15.3 Å². The van der Waals surface area contributed by atoms with Crippen LogP contribution in [0.4, 0.5) is 16.0 Å². The van der Waals surface area contributed by atoms with Gasteiger partial charge in [0.05, 0.1) is 5.92 Å². The summed E-state index contributed by atoms with van der Waals surface area (Å²) in [6, 6.07) is 7.45. The first kappa shape index (κ1) is 16.0. The molecule has 124 valence electrons. The van der Waals surface area contributed by atoms with Crippen molar-refractivity contribution < 1.29 is 14.0 Å². The van der Waals surface area contributed by atoms with Crippen LogP contribution in [-0.2, 0) is 9.59 Å². The van der Waals surface area contributed by atoms with E-state index < -0.39 is 5.92 Å². The zero-order chi connectivity index (χ0) is 17.3. The number of carbonyl (C=O) groups excluding carboxylic acids is 2. The van der Waals surface area contributed by atoms with Crippen molar-refractivity contribution >= 4 is 23.5 Å². The van der Waals surface area contributed by atoms with Crippen molar-refractivity contribution in [2.24, 2.45) is 5.92 Å². The Bertz CT molecular complexity index is 771. The van der Waals surface area contributed by atoms with Crippen LogP contribution >= 0.6 is 0 Å². The van der Waals surface area contributed by atoms with Gasteiger partial charge in [-0.1, -0.05) is 0 Å². The molecule has 0 saturated carbocycles. The number of hydrogen-bond donors (Lipinski definition) is 1. The Balaban J connectivity index is 1.70.